The van der Waals surface area contributed by atoms with E-state index in [9.17, 15) is 4.39 Å². The van der Waals surface area contributed by atoms with Gasteiger partial charge in [-0.05, 0) is 19.1 Å². The summed E-state index contributed by atoms with van der Waals surface area (Å²) >= 11 is 4.74. The van der Waals surface area contributed by atoms with Gasteiger partial charge in [-0.1, -0.05) is 24.4 Å². The van der Waals surface area contributed by atoms with Crippen molar-refractivity contribution in [3.63, 3.8) is 0 Å². The molecule has 0 aliphatic carbocycles. The monoisotopic (exact) mass is 237 g/mol. The molecule has 16 heavy (non-hydrogen) atoms. The van der Waals surface area contributed by atoms with Crippen molar-refractivity contribution in [1.29, 1.82) is 0 Å². The molecule has 6 heteroatoms. The van der Waals surface area contributed by atoms with Crippen molar-refractivity contribution in [1.82, 2.24) is 0 Å². The van der Waals surface area contributed by atoms with Crippen molar-refractivity contribution < 1.29 is 9.50 Å². The summed E-state index contributed by atoms with van der Waals surface area (Å²) in [5, 5.41) is 7.22. The standard InChI is InChI=1S/C9H9FN2S.CH2BO/c1-6(13)12-9(11)7-3-2-4-8(10)5-7;2-1-3/h2-5H,1H3,(H2,11,12,13);1,3H. The quantitative estimate of drug-likeness (QED) is 0.333. The minimum absolute atomic E-state index is 0.243. The topological polar surface area (TPSA) is 58.6 Å². The van der Waals surface area contributed by atoms with Gasteiger partial charge in [0.05, 0.1) is 0 Å². The van der Waals surface area contributed by atoms with Gasteiger partial charge in [-0.3, -0.25) is 0 Å². The molecule has 3 nitrogen and oxygen atoms in total. The van der Waals surface area contributed by atoms with Gasteiger partial charge in [-0.15, -0.1) is 0 Å². The fraction of sp³-hybridized carbons (Fsp3) is 0.100. The molecule has 0 aliphatic rings. The van der Waals surface area contributed by atoms with E-state index >= 15 is 0 Å². The molecule has 1 aromatic carbocycles. The number of aliphatic hydroxyl groups is 1. The second-order valence-corrected chi connectivity index (χ2v) is 3.27. The zero-order chi connectivity index (χ0) is 12.6. The van der Waals surface area contributed by atoms with Gasteiger partial charge in [0.25, 0.3) is 0 Å². The molecule has 1 radical (unpaired) electrons. The number of rotatable bonds is 1. The van der Waals surface area contributed by atoms with Gasteiger partial charge in [0.1, 0.15) is 16.6 Å². The van der Waals surface area contributed by atoms with Gasteiger partial charge in [-0.25, -0.2) is 9.38 Å². The van der Waals surface area contributed by atoms with Gasteiger partial charge in [0, 0.05) is 5.56 Å². The van der Waals surface area contributed by atoms with Crippen LogP contribution in [0, 0.1) is 5.82 Å². The number of benzene rings is 1. The Morgan fingerprint density at radius 3 is 2.62 bits per heavy atom. The number of nitrogens with zero attached hydrogens (tertiary/aromatic N) is 1. The number of halogens is 1. The van der Waals surface area contributed by atoms with Crippen LogP contribution in [-0.2, 0) is 0 Å². The molecule has 0 fully saturated rings. The van der Waals surface area contributed by atoms with Crippen LogP contribution in [0.15, 0.2) is 29.3 Å². The molecule has 0 spiro atoms. The van der Waals surface area contributed by atoms with E-state index < -0.39 is 0 Å². The maximum absolute atomic E-state index is 12.7. The molecule has 0 heterocycles. The van der Waals surface area contributed by atoms with E-state index in [-0.39, 0.29) is 11.7 Å². The molecule has 0 aromatic heterocycles. The average molecular weight is 237 g/mol. The zero-order valence-corrected chi connectivity index (χ0v) is 9.54. The first-order valence-electron chi connectivity index (χ1n) is 4.29. The fourth-order valence-corrected chi connectivity index (χ4v) is 0.980. The van der Waals surface area contributed by atoms with E-state index in [2.05, 4.69) is 12.5 Å². The summed E-state index contributed by atoms with van der Waals surface area (Å²) in [5.41, 5.74) is 6.11. The van der Waals surface area contributed by atoms with Crippen molar-refractivity contribution >= 4 is 36.7 Å². The Labute approximate surface area is 99.9 Å². The summed E-state index contributed by atoms with van der Waals surface area (Å²) in [6.45, 7) is 1.65. The Hall–Kier alpha value is -1.56. The van der Waals surface area contributed by atoms with Crippen LogP contribution in [0.3, 0.4) is 0 Å². The molecular weight excluding hydrogens is 226 g/mol. The van der Waals surface area contributed by atoms with E-state index in [4.69, 9.17) is 23.1 Å². The number of nitrogens with two attached hydrogens (primary N) is 1. The Kier molecular flexibility index (Phi) is 6.95. The van der Waals surface area contributed by atoms with Crippen LogP contribution < -0.4 is 5.73 Å². The average Bonchev–Trinajstić information content (AvgIpc) is 2.18. The van der Waals surface area contributed by atoms with Crippen LogP contribution in [0.5, 0.6) is 0 Å². The SMILES string of the molecule is CC(=S)N=C(N)c1cccc(F)c1.[B]=CO. The molecule has 0 saturated carbocycles. The van der Waals surface area contributed by atoms with Crippen LogP contribution in [0.1, 0.15) is 12.5 Å². The number of aliphatic imine (C=N–C) groups is 1. The molecule has 0 atom stereocenters. The predicted molar refractivity (Wildman–Crippen MR) is 69.2 cm³/mol. The van der Waals surface area contributed by atoms with Gasteiger partial charge in [0.15, 0.2) is 0 Å². The van der Waals surface area contributed by atoms with Crippen molar-refractivity contribution in [2.45, 2.75) is 6.92 Å². The molecule has 0 amide bonds. The van der Waals surface area contributed by atoms with Crippen LogP contribution in [0.25, 0.3) is 0 Å². The Morgan fingerprint density at radius 1 is 1.62 bits per heavy atom. The van der Waals surface area contributed by atoms with Crippen molar-refractivity contribution in [3.05, 3.63) is 35.6 Å². The van der Waals surface area contributed by atoms with Crippen molar-refractivity contribution in [3.8, 4) is 0 Å². The minimum atomic E-state index is -0.335. The maximum atomic E-state index is 12.7. The summed E-state index contributed by atoms with van der Waals surface area (Å²) in [4.78, 5) is 4.28. The molecule has 83 valence electrons. The van der Waals surface area contributed by atoms with Crippen molar-refractivity contribution in [2.75, 3.05) is 0 Å². The van der Waals surface area contributed by atoms with Crippen LogP contribution in [-0.4, -0.2) is 29.6 Å². The Bertz CT molecular complexity index is 410. The first kappa shape index (κ1) is 14.4. The molecule has 0 unspecified atom stereocenters. The predicted octanol–water partition coefficient (Wildman–Crippen LogP) is 1.17. The second-order valence-electron chi connectivity index (χ2n) is 2.68. The number of hydrogen-bond donors (Lipinski definition) is 2. The van der Waals surface area contributed by atoms with Gasteiger partial charge >= 0.3 is 18.7 Å². The molecule has 0 saturated heterocycles. The van der Waals surface area contributed by atoms with Crippen molar-refractivity contribution in [2.24, 2.45) is 10.7 Å². The van der Waals surface area contributed by atoms with E-state index in [1.165, 1.54) is 12.1 Å². The van der Waals surface area contributed by atoms with Crippen LogP contribution in [0.2, 0.25) is 0 Å². The van der Waals surface area contributed by atoms with E-state index in [0.717, 1.165) is 0 Å². The summed E-state index contributed by atoms with van der Waals surface area (Å²) in [5.74, 6) is -0.0929. The first-order chi connectivity index (χ1) is 7.51. The van der Waals surface area contributed by atoms with Gasteiger partial charge < -0.3 is 5.73 Å². The normalized spacial score (nSPS) is 9.94. The van der Waals surface area contributed by atoms with Crippen LogP contribution >= 0.6 is 12.2 Å². The van der Waals surface area contributed by atoms with Gasteiger partial charge in [-0.2, -0.15) is 0 Å². The summed E-state index contributed by atoms with van der Waals surface area (Å²) in [6, 6.07) is 5.92. The third-order valence-electron chi connectivity index (χ3n) is 1.40. The van der Waals surface area contributed by atoms with Crippen LogP contribution in [0.4, 0.5) is 4.39 Å². The first-order valence-corrected chi connectivity index (χ1v) is 4.70. The second kappa shape index (κ2) is 7.70. The molecule has 3 N–H and O–H groups in total. The zero-order valence-electron chi connectivity index (χ0n) is 8.72. The summed E-state index contributed by atoms with van der Waals surface area (Å²) in [6.07, 6.45) is 0.500. The van der Waals surface area contributed by atoms with E-state index in [0.29, 0.717) is 16.7 Å². The third-order valence-corrected chi connectivity index (χ3v) is 1.49. The fourth-order valence-electron chi connectivity index (χ4n) is 0.882. The number of amidine groups is 1. The molecule has 0 aliphatic heterocycles. The molecular formula is C10H11BFN2OS. The molecule has 1 aromatic rings. The molecule has 1 rings (SSSR count). The Morgan fingerprint density at radius 2 is 2.19 bits per heavy atom. The summed E-state index contributed by atoms with van der Waals surface area (Å²) in [7, 11) is 4.28. The van der Waals surface area contributed by atoms with Gasteiger partial charge in [0.2, 0.25) is 0 Å². The molecule has 0 bridgehead atoms. The summed E-state index contributed by atoms with van der Waals surface area (Å²) < 4.78 is 12.7. The number of hydrogen-bond acceptors (Lipinski definition) is 2. The van der Waals surface area contributed by atoms with E-state index in [1.807, 2.05) is 0 Å². The number of thiocarbonyl (C=S) groups is 1. The number of aliphatic hydroxyl groups excluding tert-OH is 1. The van der Waals surface area contributed by atoms with E-state index in [1.54, 1.807) is 19.1 Å². The third kappa shape index (κ3) is 6.03. The Balaban J connectivity index is 0.000000673.